The van der Waals surface area contributed by atoms with Gasteiger partial charge in [-0.3, -0.25) is 0 Å². The quantitative estimate of drug-likeness (QED) is 0.817. The molecule has 3 N–H and O–H groups in total. The van der Waals surface area contributed by atoms with Gasteiger partial charge in [0.25, 0.3) is 0 Å². The molecule has 104 valence electrons. The second-order valence-electron chi connectivity index (χ2n) is 5.20. The first-order valence-electron chi connectivity index (χ1n) is 7.11. The van der Waals surface area contributed by atoms with Gasteiger partial charge in [-0.15, -0.1) is 0 Å². The summed E-state index contributed by atoms with van der Waals surface area (Å²) in [6, 6.07) is 14.5. The van der Waals surface area contributed by atoms with Crippen molar-refractivity contribution in [1.82, 2.24) is 0 Å². The van der Waals surface area contributed by atoms with Crippen molar-refractivity contribution in [2.45, 2.75) is 19.3 Å². The van der Waals surface area contributed by atoms with E-state index in [9.17, 15) is 0 Å². The van der Waals surface area contributed by atoms with Crippen LogP contribution in [0, 0.1) is 0 Å². The number of rotatable bonds is 5. The van der Waals surface area contributed by atoms with Crippen LogP contribution in [0.3, 0.4) is 0 Å². The zero-order valence-electron chi connectivity index (χ0n) is 11.7. The van der Waals surface area contributed by atoms with Crippen LogP contribution in [0.4, 0.5) is 11.4 Å². The van der Waals surface area contributed by atoms with E-state index in [2.05, 4.69) is 29.6 Å². The van der Waals surface area contributed by atoms with E-state index in [0.29, 0.717) is 12.5 Å². The third-order valence-corrected chi connectivity index (χ3v) is 3.75. The molecule has 0 bridgehead atoms. The van der Waals surface area contributed by atoms with Crippen molar-refractivity contribution in [2.75, 3.05) is 24.2 Å². The van der Waals surface area contributed by atoms with Crippen molar-refractivity contribution < 1.29 is 4.74 Å². The van der Waals surface area contributed by atoms with Crippen LogP contribution in [0.2, 0.25) is 0 Å². The molecule has 3 rings (SSSR count). The molecule has 0 spiro atoms. The molecule has 1 unspecified atom stereocenters. The number of hydrogen-bond donors (Lipinski definition) is 2. The summed E-state index contributed by atoms with van der Waals surface area (Å²) in [6.45, 7) is 3.56. The molecular formula is C17H20N2O. The van der Waals surface area contributed by atoms with Gasteiger partial charge >= 0.3 is 0 Å². The van der Waals surface area contributed by atoms with Gasteiger partial charge in [0.1, 0.15) is 5.75 Å². The molecule has 20 heavy (non-hydrogen) atoms. The highest BCUT2D eigenvalue weighted by Crippen LogP contribution is 2.35. The van der Waals surface area contributed by atoms with Gasteiger partial charge in [0.05, 0.1) is 6.61 Å². The molecular weight excluding hydrogens is 248 g/mol. The van der Waals surface area contributed by atoms with E-state index in [1.807, 2.05) is 25.1 Å². The Balaban J connectivity index is 1.65. The minimum absolute atomic E-state index is 0.600. The highest BCUT2D eigenvalue weighted by molar-refractivity contribution is 5.59. The predicted octanol–water partition coefficient (Wildman–Crippen LogP) is 3.42. The molecule has 0 saturated heterocycles. The molecule has 2 aromatic rings. The average molecular weight is 268 g/mol. The van der Waals surface area contributed by atoms with Crippen molar-refractivity contribution in [3.63, 3.8) is 0 Å². The van der Waals surface area contributed by atoms with Crippen LogP contribution in [0.1, 0.15) is 24.0 Å². The molecule has 1 aliphatic carbocycles. The van der Waals surface area contributed by atoms with Crippen molar-refractivity contribution in [3.8, 4) is 5.75 Å². The minimum atomic E-state index is 0.600. The molecule has 0 amide bonds. The Kier molecular flexibility index (Phi) is 3.50. The van der Waals surface area contributed by atoms with E-state index in [0.717, 1.165) is 30.1 Å². The Labute approximate surface area is 119 Å². The normalized spacial score (nSPS) is 16.1. The summed E-state index contributed by atoms with van der Waals surface area (Å²) in [6.07, 6.45) is 1.16. The fraction of sp³-hybridized carbons (Fsp3) is 0.294. The molecule has 2 aromatic carbocycles. The first-order chi connectivity index (χ1) is 9.76. The maximum Gasteiger partial charge on any atom is 0.123 e. The summed E-state index contributed by atoms with van der Waals surface area (Å²) in [7, 11) is 0. The van der Waals surface area contributed by atoms with E-state index in [-0.39, 0.29) is 0 Å². The zero-order chi connectivity index (χ0) is 13.9. The molecule has 0 aliphatic heterocycles. The first kappa shape index (κ1) is 12.9. The van der Waals surface area contributed by atoms with Crippen molar-refractivity contribution in [1.29, 1.82) is 0 Å². The van der Waals surface area contributed by atoms with Crippen molar-refractivity contribution >= 4 is 11.4 Å². The Bertz CT molecular complexity index is 610. The lowest BCUT2D eigenvalue weighted by Crippen LogP contribution is -2.24. The number of benzene rings is 2. The number of nitrogen functional groups attached to an aromatic ring is 1. The van der Waals surface area contributed by atoms with Gasteiger partial charge in [0, 0.05) is 36.0 Å². The molecule has 0 saturated carbocycles. The van der Waals surface area contributed by atoms with Crippen LogP contribution in [0.5, 0.6) is 5.75 Å². The first-order valence-corrected chi connectivity index (χ1v) is 7.11. The lowest BCUT2D eigenvalue weighted by molar-refractivity contribution is 0.340. The summed E-state index contributed by atoms with van der Waals surface area (Å²) in [5.74, 6) is 1.42. The van der Waals surface area contributed by atoms with Gasteiger partial charge in [-0.1, -0.05) is 24.3 Å². The SMILES string of the molecule is CCOc1cc(N)cc(NCC2Cc3ccccc32)c1. The maximum atomic E-state index is 5.90. The number of nitrogens with one attached hydrogen (secondary N) is 1. The van der Waals surface area contributed by atoms with Crippen LogP contribution in [-0.2, 0) is 6.42 Å². The second-order valence-corrected chi connectivity index (χ2v) is 5.20. The molecule has 0 aromatic heterocycles. The van der Waals surface area contributed by atoms with Gasteiger partial charge in [-0.05, 0) is 30.5 Å². The van der Waals surface area contributed by atoms with Crippen LogP contribution in [-0.4, -0.2) is 13.2 Å². The summed E-state index contributed by atoms with van der Waals surface area (Å²) >= 11 is 0. The number of nitrogens with two attached hydrogens (primary N) is 1. The smallest absolute Gasteiger partial charge is 0.123 e. The Hall–Kier alpha value is -2.16. The summed E-state index contributed by atoms with van der Waals surface area (Å²) in [5, 5.41) is 3.47. The summed E-state index contributed by atoms with van der Waals surface area (Å²) in [4.78, 5) is 0. The third kappa shape index (κ3) is 2.57. The summed E-state index contributed by atoms with van der Waals surface area (Å²) < 4.78 is 5.51. The van der Waals surface area contributed by atoms with E-state index >= 15 is 0 Å². The number of ether oxygens (including phenoxy) is 1. The van der Waals surface area contributed by atoms with Crippen LogP contribution in [0.25, 0.3) is 0 Å². The lowest BCUT2D eigenvalue weighted by atomic mass is 9.77. The van der Waals surface area contributed by atoms with Gasteiger partial charge in [-0.2, -0.15) is 0 Å². The molecule has 3 heteroatoms. The van der Waals surface area contributed by atoms with Crippen LogP contribution >= 0.6 is 0 Å². The highest BCUT2D eigenvalue weighted by atomic mass is 16.5. The van der Waals surface area contributed by atoms with E-state index in [4.69, 9.17) is 10.5 Å². The molecule has 0 fully saturated rings. The maximum absolute atomic E-state index is 5.90. The Morgan fingerprint density at radius 3 is 2.90 bits per heavy atom. The average Bonchev–Trinajstić information content (AvgIpc) is 2.39. The monoisotopic (exact) mass is 268 g/mol. The number of anilines is 2. The molecule has 1 atom stereocenters. The van der Waals surface area contributed by atoms with E-state index in [1.165, 1.54) is 11.1 Å². The van der Waals surface area contributed by atoms with Gasteiger partial charge in [-0.25, -0.2) is 0 Å². The number of hydrogen-bond acceptors (Lipinski definition) is 3. The topological polar surface area (TPSA) is 47.3 Å². The summed E-state index contributed by atoms with van der Waals surface area (Å²) in [5.41, 5.74) is 10.6. The Morgan fingerprint density at radius 1 is 1.25 bits per heavy atom. The standard InChI is InChI=1S/C17H20N2O/c1-2-20-16-9-14(18)8-15(10-16)19-11-13-7-12-5-3-4-6-17(12)13/h3-6,8-10,13,19H,2,7,11,18H2,1H3. The van der Waals surface area contributed by atoms with E-state index in [1.54, 1.807) is 0 Å². The van der Waals surface area contributed by atoms with Crippen LogP contribution in [0.15, 0.2) is 42.5 Å². The van der Waals surface area contributed by atoms with E-state index < -0.39 is 0 Å². The molecule has 3 nitrogen and oxygen atoms in total. The van der Waals surface area contributed by atoms with Crippen molar-refractivity contribution in [3.05, 3.63) is 53.6 Å². The molecule has 0 heterocycles. The van der Waals surface area contributed by atoms with Gasteiger partial charge in [0.15, 0.2) is 0 Å². The Morgan fingerprint density at radius 2 is 2.10 bits per heavy atom. The predicted molar refractivity (Wildman–Crippen MR) is 83.4 cm³/mol. The third-order valence-electron chi connectivity index (χ3n) is 3.75. The zero-order valence-corrected chi connectivity index (χ0v) is 11.7. The fourth-order valence-corrected chi connectivity index (χ4v) is 2.76. The van der Waals surface area contributed by atoms with Crippen LogP contribution < -0.4 is 15.8 Å². The second kappa shape index (κ2) is 5.45. The fourth-order valence-electron chi connectivity index (χ4n) is 2.76. The van der Waals surface area contributed by atoms with Gasteiger partial charge < -0.3 is 15.8 Å². The molecule has 0 radical (unpaired) electrons. The largest absolute Gasteiger partial charge is 0.494 e. The molecule has 1 aliphatic rings. The lowest BCUT2D eigenvalue weighted by Gasteiger charge is -2.30. The van der Waals surface area contributed by atoms with Crippen molar-refractivity contribution in [2.24, 2.45) is 0 Å². The minimum Gasteiger partial charge on any atom is -0.494 e. The highest BCUT2D eigenvalue weighted by Gasteiger charge is 2.24. The van der Waals surface area contributed by atoms with Gasteiger partial charge in [0.2, 0.25) is 0 Å². The number of fused-ring (bicyclic) bond motifs is 1.